The van der Waals surface area contributed by atoms with Crippen LogP contribution in [0.2, 0.25) is 0 Å². The summed E-state index contributed by atoms with van der Waals surface area (Å²) in [6, 6.07) is 57.6. The summed E-state index contributed by atoms with van der Waals surface area (Å²) in [6.07, 6.45) is 7.55. The zero-order valence-electron chi connectivity index (χ0n) is 53.2. The van der Waals surface area contributed by atoms with Gasteiger partial charge in [0.05, 0.1) is 12.1 Å². The van der Waals surface area contributed by atoms with E-state index in [1.54, 1.807) is 0 Å². The van der Waals surface area contributed by atoms with Gasteiger partial charge in [0.25, 0.3) is 0 Å². The molecule has 1 heterocycles. The van der Waals surface area contributed by atoms with Crippen molar-refractivity contribution in [2.45, 2.75) is 113 Å². The Labute approximate surface area is 529 Å². The van der Waals surface area contributed by atoms with Crippen LogP contribution in [0.25, 0.3) is 21.8 Å². The summed E-state index contributed by atoms with van der Waals surface area (Å²) < 4.78 is 45.2. The number of nitrogens with zero attached hydrogens (tertiary/aromatic N) is 2. The highest BCUT2D eigenvalue weighted by Crippen LogP contribution is 2.43. The number of H-pyrrole nitrogens is 1. The lowest BCUT2D eigenvalue weighted by Crippen LogP contribution is -2.17. The summed E-state index contributed by atoms with van der Waals surface area (Å²) in [6.45, 7) is 27.3. The molecule has 90 heavy (non-hydrogen) atoms. The van der Waals surface area contributed by atoms with Crippen LogP contribution in [0.3, 0.4) is 0 Å². The Hall–Kier alpha value is -10.0. The second-order valence-electron chi connectivity index (χ2n) is 25.4. The van der Waals surface area contributed by atoms with Crippen molar-refractivity contribution in [1.82, 2.24) is 4.98 Å². The third-order valence-corrected chi connectivity index (χ3v) is 15.6. The molecule has 0 fully saturated rings. The molecule has 10 rings (SSSR count). The molecule has 0 bridgehead atoms. The number of allylic oxidation sites excluding steroid dienone is 3. The molecule has 462 valence electrons. The minimum Gasteiger partial charge on any atom is -0.489 e. The van der Waals surface area contributed by atoms with E-state index in [0.717, 1.165) is 67.2 Å². The lowest BCUT2D eigenvalue weighted by Gasteiger charge is -2.25. The summed E-state index contributed by atoms with van der Waals surface area (Å²) in [7, 11) is 0. The minimum absolute atomic E-state index is 0.0132. The molecular formula is C77H82N6O7. The van der Waals surface area contributed by atoms with E-state index in [1.807, 2.05) is 133 Å². The monoisotopic (exact) mass is 1200 g/mol. The third kappa shape index (κ3) is 17.0. The third-order valence-electron chi connectivity index (χ3n) is 15.6. The van der Waals surface area contributed by atoms with Crippen LogP contribution in [0, 0.1) is 27.6 Å². The van der Waals surface area contributed by atoms with Gasteiger partial charge in [-0.3, -0.25) is 10.8 Å². The van der Waals surface area contributed by atoms with Crippen molar-refractivity contribution >= 4 is 52.9 Å². The lowest BCUT2D eigenvalue weighted by atomic mass is 9.82. The van der Waals surface area contributed by atoms with Crippen molar-refractivity contribution in [2.24, 2.45) is 21.5 Å². The van der Waals surface area contributed by atoms with Crippen molar-refractivity contribution in [3.05, 3.63) is 255 Å². The van der Waals surface area contributed by atoms with Crippen LogP contribution in [0.5, 0.6) is 28.7 Å². The lowest BCUT2D eigenvalue weighted by molar-refractivity contribution is 0.261. The first-order valence-corrected chi connectivity index (χ1v) is 30.3. The Morgan fingerprint density at radius 1 is 0.500 bits per heavy atom. The average molecular weight is 1200 g/mol. The SMILES string of the molecule is C=N.C=N/N=C(\OCC1C=CC(C(C)(C)C)=CC1)c1ccc(Oc2c(OCc3ccc(COC(=N)c4ccc(C(C)(C)C)cc4)cc3)cc(COc3ccc4c(c3)[nH]c3ccccc34)cc2OCc2ccc(COC(=N)c3ccc(C(C)(C)C)cc3)cc2)cc1. The Morgan fingerprint density at radius 2 is 0.978 bits per heavy atom. The van der Waals surface area contributed by atoms with Gasteiger partial charge < -0.3 is 43.6 Å². The van der Waals surface area contributed by atoms with Crippen molar-refractivity contribution in [3.8, 4) is 28.7 Å². The molecule has 1 aromatic heterocycles. The molecule has 0 saturated heterocycles. The second kappa shape index (κ2) is 28.9. The van der Waals surface area contributed by atoms with E-state index >= 15 is 0 Å². The molecule has 4 N–H and O–H groups in total. The summed E-state index contributed by atoms with van der Waals surface area (Å²) in [5, 5.41) is 33.2. The van der Waals surface area contributed by atoms with Gasteiger partial charge in [0.1, 0.15) is 44.5 Å². The number of aromatic nitrogens is 1. The van der Waals surface area contributed by atoms with Gasteiger partial charge in [-0.25, -0.2) is 0 Å². The number of ether oxygens (including phenoxy) is 7. The maximum atomic E-state index is 8.65. The van der Waals surface area contributed by atoms with Gasteiger partial charge in [0, 0.05) is 51.7 Å². The quantitative estimate of drug-likeness (QED) is 0.0314. The van der Waals surface area contributed by atoms with E-state index in [9.17, 15) is 0 Å². The number of rotatable bonds is 21. The summed E-state index contributed by atoms with van der Waals surface area (Å²) in [5.41, 5.74) is 12.4. The first kappa shape index (κ1) is 64.5. The van der Waals surface area contributed by atoms with Gasteiger partial charge >= 0.3 is 0 Å². The smallest absolute Gasteiger partial charge is 0.240 e. The van der Waals surface area contributed by atoms with Crippen LogP contribution in [-0.2, 0) is 58.1 Å². The van der Waals surface area contributed by atoms with Crippen LogP contribution in [0.4, 0.5) is 0 Å². The normalized spacial score (nSPS) is 13.4. The average Bonchev–Trinajstić information content (AvgIpc) is 3.10. The fraction of sp³-hybridized carbons (Fsp3) is 0.260. The molecule has 9 aromatic rings. The highest BCUT2D eigenvalue weighted by atomic mass is 16.5. The highest BCUT2D eigenvalue weighted by molar-refractivity contribution is 6.07. The second-order valence-corrected chi connectivity index (χ2v) is 25.4. The predicted octanol–water partition coefficient (Wildman–Crippen LogP) is 18.7. The van der Waals surface area contributed by atoms with E-state index in [4.69, 9.17) is 49.4 Å². The summed E-state index contributed by atoms with van der Waals surface area (Å²) in [5.74, 6) is 3.19. The van der Waals surface area contributed by atoms with Gasteiger partial charge in [0.15, 0.2) is 11.5 Å². The van der Waals surface area contributed by atoms with E-state index in [0.29, 0.717) is 46.8 Å². The van der Waals surface area contributed by atoms with Crippen LogP contribution in [-0.4, -0.2) is 42.7 Å². The van der Waals surface area contributed by atoms with Crippen molar-refractivity contribution < 1.29 is 33.2 Å². The standard InChI is InChI=1S/C76H79N5O7.CH3N/c1-74(2,3)59-31-23-54(24-32-59)48-87-73(81-79-10)58-29-37-62(38-30-58)88-70-68(83-44-50-15-19-52(20-16-50)46-85-71(77)56-25-33-60(34-26-56)75(4,5)6)41-55(49-82-63-39-40-65-64-13-11-12-14-66(64)80-67(65)43-63)42-69(70)84-45-51-17-21-53(22-18-51)47-86-72(78)57-27-35-61(36-28-57)76(7,8)9;1-2/h11-23,25-43,54,77-78,80H,10,24,44-49H2,1-9H3;2H,1H2/b77-71?,78-72?,81-73-;. The largest absolute Gasteiger partial charge is 0.489 e. The minimum atomic E-state index is 0.0132. The molecule has 13 nitrogen and oxygen atoms in total. The zero-order chi connectivity index (χ0) is 64.0. The predicted molar refractivity (Wildman–Crippen MR) is 365 cm³/mol. The number of hydrogen-bond acceptors (Lipinski definition) is 12. The fourth-order valence-corrected chi connectivity index (χ4v) is 10.2. The van der Waals surface area contributed by atoms with Crippen LogP contribution in [0.1, 0.15) is 124 Å². The molecule has 1 aliphatic carbocycles. The summed E-state index contributed by atoms with van der Waals surface area (Å²) >= 11 is 0. The number of hydrogen-bond donors (Lipinski definition) is 4. The molecule has 13 heteroatoms. The molecule has 0 aliphatic heterocycles. The van der Waals surface area contributed by atoms with Crippen molar-refractivity contribution in [3.63, 3.8) is 0 Å². The Balaban J connectivity index is 0.00000475. The molecule has 0 radical (unpaired) electrons. The molecule has 0 spiro atoms. The van der Waals surface area contributed by atoms with Gasteiger partial charge in [-0.1, -0.05) is 172 Å². The van der Waals surface area contributed by atoms with Crippen LogP contribution in [0.15, 0.2) is 210 Å². The van der Waals surface area contributed by atoms with Crippen LogP contribution >= 0.6 is 0 Å². The van der Waals surface area contributed by atoms with Gasteiger partial charge in [-0.05, 0) is 153 Å². The van der Waals surface area contributed by atoms with E-state index in [-0.39, 0.29) is 67.0 Å². The number of fused-ring (bicyclic) bond motifs is 3. The van der Waals surface area contributed by atoms with Gasteiger partial charge in [-0.15, -0.1) is 5.10 Å². The molecule has 1 unspecified atom stereocenters. The number of nitrogens with one attached hydrogen (secondary N) is 4. The Bertz CT molecular complexity index is 3890. The van der Waals surface area contributed by atoms with Crippen LogP contribution < -0.4 is 18.9 Å². The molecule has 1 atom stereocenters. The van der Waals surface area contributed by atoms with Crippen molar-refractivity contribution in [1.29, 1.82) is 16.2 Å². The summed E-state index contributed by atoms with van der Waals surface area (Å²) in [4.78, 5) is 3.53. The molecule has 0 saturated carbocycles. The van der Waals surface area contributed by atoms with Gasteiger partial charge in [-0.2, -0.15) is 5.10 Å². The maximum Gasteiger partial charge on any atom is 0.240 e. The molecule has 0 amide bonds. The van der Waals surface area contributed by atoms with Crippen molar-refractivity contribution in [2.75, 3.05) is 6.61 Å². The Kier molecular flexibility index (Phi) is 20.7. The first-order chi connectivity index (χ1) is 43.2. The van der Waals surface area contributed by atoms with E-state index in [2.05, 4.69) is 152 Å². The number of aromatic amines is 1. The first-order valence-electron chi connectivity index (χ1n) is 30.3. The molecular weight excluding hydrogens is 1120 g/mol. The topological polar surface area (TPSA) is 177 Å². The number of benzene rings is 8. The molecule has 8 aromatic carbocycles. The van der Waals surface area contributed by atoms with E-state index < -0.39 is 0 Å². The zero-order valence-corrected chi connectivity index (χ0v) is 53.2. The number of para-hydroxylation sites is 1. The van der Waals surface area contributed by atoms with Gasteiger partial charge in [0.2, 0.25) is 23.4 Å². The Morgan fingerprint density at radius 3 is 1.47 bits per heavy atom. The fourth-order valence-electron chi connectivity index (χ4n) is 10.2. The van der Waals surface area contributed by atoms with E-state index in [1.165, 1.54) is 16.7 Å². The molecule has 1 aliphatic rings. The maximum absolute atomic E-state index is 8.65. The highest BCUT2D eigenvalue weighted by Gasteiger charge is 2.23.